The molecule has 0 bridgehead atoms. The zero-order chi connectivity index (χ0) is 4.12. The molecular weight excluding hydrogens is 132 g/mol. The Kier molecular flexibility index (Phi) is 276. The lowest BCUT2D eigenvalue weighted by Gasteiger charge is -1.76. The number of hydrogen-bond acceptors (Lipinski definition) is 1. The van der Waals surface area contributed by atoms with Crippen LogP contribution in [0.4, 0.5) is 14.1 Å². The van der Waals surface area contributed by atoms with Crippen molar-refractivity contribution >= 4 is 8.41 Å². The van der Waals surface area contributed by atoms with Gasteiger partial charge in [-0.05, 0) is 0 Å². The Bertz CT molecular complexity index is 45.1. The van der Waals surface area contributed by atoms with Crippen molar-refractivity contribution in [1.29, 1.82) is 0 Å². The zero-order valence-corrected chi connectivity index (χ0v) is 4.20. The Morgan fingerprint density at radius 2 is 1.11 bits per heavy atom. The van der Waals surface area contributed by atoms with E-state index in [4.69, 9.17) is 0 Å². The molecule has 0 rings (SSSR count). The summed E-state index contributed by atoms with van der Waals surface area (Å²) in [4.78, 5) is 0. The average molecular weight is 144 g/mol. The smallest absolute Gasteiger partial charge is 0.0829 e. The predicted molar refractivity (Wildman–Crippen MR) is 38.9 cm³/mol. The van der Waals surface area contributed by atoms with E-state index in [2.05, 4.69) is 17.9 Å². The molecule has 0 heterocycles. The van der Waals surface area contributed by atoms with Crippen molar-refractivity contribution in [1.82, 2.24) is 0 Å². The molecule has 0 atom stereocenters. The third-order valence-electron chi connectivity index (χ3n) is 0.192. The van der Waals surface area contributed by atoms with Crippen LogP contribution in [-0.2, 0) is 4.74 Å². The molecule has 0 saturated heterocycles. The lowest BCUT2D eigenvalue weighted by atomic mass is 10.8. The van der Waals surface area contributed by atoms with Gasteiger partial charge in [0.2, 0.25) is 0 Å². The monoisotopic (exact) mass is 144 g/mol. The van der Waals surface area contributed by atoms with E-state index >= 15 is 0 Å². The molecule has 0 amide bonds. The highest BCUT2D eigenvalue weighted by Crippen LogP contribution is 1.65. The summed E-state index contributed by atoms with van der Waals surface area (Å²) in [5, 5.41) is 0. The molecule has 0 aliphatic heterocycles. The second-order valence-electron chi connectivity index (χ2n) is 0.469. The van der Waals surface area contributed by atoms with Gasteiger partial charge in [-0.25, -0.2) is 0 Å². The summed E-state index contributed by atoms with van der Waals surface area (Å²) in [6, 6.07) is 0. The minimum atomic E-state index is 0. The second-order valence-corrected chi connectivity index (χ2v) is 0.469. The normalized spacial score (nSPS) is 3.11. The topological polar surface area (TPSA) is 9.23 Å². The van der Waals surface area contributed by atoms with Crippen molar-refractivity contribution in [2.75, 3.05) is 0 Å². The van der Waals surface area contributed by atoms with E-state index in [-0.39, 0.29) is 22.5 Å². The third kappa shape index (κ3) is 146. The number of halogens is 3. The summed E-state index contributed by atoms with van der Waals surface area (Å²) in [5.41, 5.74) is 0. The summed E-state index contributed by atoms with van der Waals surface area (Å²) >= 11 is 0. The summed E-state index contributed by atoms with van der Waals surface area (Å²) in [6.45, 7) is 6.51. The van der Waals surface area contributed by atoms with Crippen LogP contribution >= 0.6 is 0 Å². The number of rotatable bonds is 2. The lowest BCUT2D eigenvalue weighted by molar-refractivity contribution is 0.406. The molecule has 0 unspecified atom stereocenters. The zero-order valence-electron chi connectivity index (χ0n) is 4.20. The number of ether oxygens (including phenoxy) is 1. The minimum Gasteiger partial charge on any atom is -0.474 e. The average Bonchev–Trinajstić information content (AvgIpc) is 1.41. The minimum absolute atomic E-state index is 0. The van der Waals surface area contributed by atoms with Crippen molar-refractivity contribution in [2.45, 2.75) is 0 Å². The molecule has 1 nitrogen and oxygen atoms in total. The van der Waals surface area contributed by atoms with E-state index in [1.165, 1.54) is 12.5 Å². The first-order chi connectivity index (χ1) is 2.41. The lowest BCUT2D eigenvalue weighted by Crippen LogP contribution is -1.52. The molecule has 5 heteroatoms. The number of hydrogen-bond donors (Lipinski definition) is 0. The van der Waals surface area contributed by atoms with Gasteiger partial charge in [0.25, 0.3) is 0 Å². The fourth-order valence-electron chi connectivity index (χ4n) is 0.0680. The van der Waals surface area contributed by atoms with Crippen LogP contribution in [0.3, 0.4) is 0 Å². The van der Waals surface area contributed by atoms with Crippen molar-refractivity contribution in [3.63, 3.8) is 0 Å². The molecule has 0 saturated carbocycles. The van der Waals surface area contributed by atoms with Gasteiger partial charge in [-0.1, -0.05) is 13.2 Å². The van der Waals surface area contributed by atoms with Crippen molar-refractivity contribution in [3.05, 3.63) is 25.7 Å². The van der Waals surface area contributed by atoms with E-state index in [9.17, 15) is 0 Å². The maximum Gasteiger partial charge on any atom is 0.0829 e. The van der Waals surface area contributed by atoms with Gasteiger partial charge in [-0.3, -0.25) is 14.1 Å². The first-order valence-corrected chi connectivity index (χ1v) is 1.29. The second kappa shape index (κ2) is 58.9. The van der Waals surface area contributed by atoms with Gasteiger partial charge in [-0.2, -0.15) is 0 Å². The van der Waals surface area contributed by atoms with Gasteiger partial charge in [0.1, 0.15) is 0 Å². The molecule has 0 aliphatic rings. The third-order valence-corrected chi connectivity index (χ3v) is 0.192. The molecule has 9 heavy (non-hydrogen) atoms. The highest BCUT2D eigenvalue weighted by atomic mass is 19.0. The predicted octanol–water partition coefficient (Wildman–Crippen LogP) is 0.564. The Morgan fingerprint density at radius 1 is 0.889 bits per heavy atom. The van der Waals surface area contributed by atoms with Gasteiger partial charge in [0, 0.05) is 0 Å². The first-order valence-electron chi connectivity index (χ1n) is 1.29. The van der Waals surface area contributed by atoms with Gasteiger partial charge in [-0.15, -0.1) is 0 Å². The Balaban J connectivity index is -0.0000000133. The molecule has 0 fully saturated rings. The van der Waals surface area contributed by atoms with Crippen LogP contribution in [0.1, 0.15) is 0 Å². The molecule has 58 valence electrons. The Morgan fingerprint density at radius 3 is 1.11 bits per heavy atom. The summed E-state index contributed by atoms with van der Waals surface area (Å²) in [7, 11) is 0. The van der Waals surface area contributed by atoms with Gasteiger partial charge in [0.05, 0.1) is 20.9 Å². The van der Waals surface area contributed by atoms with Gasteiger partial charge >= 0.3 is 0 Å². The SMILES string of the molecule is B.C=COC=C.F.F.F. The Hall–Kier alpha value is -0.865. The van der Waals surface area contributed by atoms with Crippen molar-refractivity contribution in [2.24, 2.45) is 0 Å². The van der Waals surface area contributed by atoms with Crippen LogP contribution in [0.15, 0.2) is 25.7 Å². The van der Waals surface area contributed by atoms with Gasteiger partial charge < -0.3 is 4.74 Å². The molecule has 0 N–H and O–H groups in total. The highest BCUT2D eigenvalue weighted by Gasteiger charge is 1.45. The molecule has 0 aromatic heterocycles. The molecule has 0 aromatic carbocycles. The molecular formula is C4H12BF3O. The van der Waals surface area contributed by atoms with Crippen LogP contribution < -0.4 is 0 Å². The summed E-state index contributed by atoms with van der Waals surface area (Å²) < 4.78 is 4.36. The van der Waals surface area contributed by atoms with E-state index in [0.29, 0.717) is 0 Å². The van der Waals surface area contributed by atoms with Crippen molar-refractivity contribution < 1.29 is 18.9 Å². The van der Waals surface area contributed by atoms with E-state index in [1.54, 1.807) is 0 Å². The first kappa shape index (κ1) is 42.1. The van der Waals surface area contributed by atoms with Gasteiger partial charge in [0.15, 0.2) is 0 Å². The fraction of sp³-hybridized carbons (Fsp3) is 0. The van der Waals surface area contributed by atoms with Crippen molar-refractivity contribution in [3.8, 4) is 0 Å². The summed E-state index contributed by atoms with van der Waals surface area (Å²) in [6.07, 6.45) is 2.62. The maximum atomic E-state index is 4.36. The van der Waals surface area contributed by atoms with Crippen LogP contribution in [0.5, 0.6) is 0 Å². The van der Waals surface area contributed by atoms with Crippen LogP contribution in [-0.4, -0.2) is 8.41 Å². The highest BCUT2D eigenvalue weighted by molar-refractivity contribution is 5.75. The fourth-order valence-corrected chi connectivity index (χ4v) is 0.0680. The van der Waals surface area contributed by atoms with Crippen LogP contribution in [0, 0.1) is 0 Å². The Labute approximate surface area is 54.1 Å². The van der Waals surface area contributed by atoms with E-state index in [1.807, 2.05) is 0 Å². The molecule has 0 aromatic rings. The van der Waals surface area contributed by atoms with Crippen LogP contribution in [0.25, 0.3) is 0 Å². The molecule has 0 aliphatic carbocycles. The molecule has 0 radical (unpaired) electrons. The largest absolute Gasteiger partial charge is 0.474 e. The molecule has 0 spiro atoms. The van der Waals surface area contributed by atoms with Crippen LogP contribution in [0.2, 0.25) is 0 Å². The standard InChI is InChI=1S/C4H6O.BH3.3FH/c1-3-5-4-2;;;;/h3-4H,1-2H2;1H3;3*1H. The van der Waals surface area contributed by atoms with E-state index < -0.39 is 0 Å². The summed E-state index contributed by atoms with van der Waals surface area (Å²) in [5.74, 6) is 0. The maximum absolute atomic E-state index is 4.36. The van der Waals surface area contributed by atoms with E-state index in [0.717, 1.165) is 0 Å². The quantitative estimate of drug-likeness (QED) is 0.406.